The Morgan fingerprint density at radius 3 is 1.36 bits per heavy atom. The molecule has 0 amide bonds. The van der Waals surface area contributed by atoms with Gasteiger partial charge in [0.15, 0.2) is 0 Å². The van der Waals surface area contributed by atoms with Crippen LogP contribution in [0.1, 0.15) is 0 Å². The molecular formula is C60H28N2O4. The predicted octanol–water partition coefficient (Wildman–Crippen LogP) is 17.3. The fraction of sp³-hybridized carbons (Fsp3) is 0. The van der Waals surface area contributed by atoms with Crippen LogP contribution in [0.3, 0.4) is 0 Å². The molecule has 0 aliphatic rings. The van der Waals surface area contributed by atoms with Crippen molar-refractivity contribution in [1.82, 2.24) is 8.80 Å². The van der Waals surface area contributed by atoms with Gasteiger partial charge in [-0.2, -0.15) is 0 Å². The number of nitrogens with zero attached hydrogens (tertiary/aromatic N) is 2. The van der Waals surface area contributed by atoms with Crippen LogP contribution in [0.2, 0.25) is 0 Å². The highest BCUT2D eigenvalue weighted by Crippen LogP contribution is 2.48. The molecule has 0 aliphatic heterocycles. The third kappa shape index (κ3) is 3.67. The van der Waals surface area contributed by atoms with E-state index in [1.807, 2.05) is 18.2 Å². The summed E-state index contributed by atoms with van der Waals surface area (Å²) in [5, 5.41) is 18.5. The zero-order valence-electron chi connectivity index (χ0n) is 34.7. The van der Waals surface area contributed by atoms with E-state index in [9.17, 15) is 0 Å². The normalized spacial score (nSPS) is 13.2. The Balaban J connectivity index is 0.811. The first kappa shape index (κ1) is 32.6. The Morgan fingerprint density at radius 2 is 0.682 bits per heavy atom. The smallest absolute Gasteiger partial charge is 0.145 e. The fourth-order valence-corrected chi connectivity index (χ4v) is 12.4. The van der Waals surface area contributed by atoms with Crippen LogP contribution >= 0.6 is 0 Å². The molecule has 0 N–H and O–H groups in total. The summed E-state index contributed by atoms with van der Waals surface area (Å²) in [7, 11) is 0. The van der Waals surface area contributed by atoms with Crippen LogP contribution in [0.25, 0.3) is 175 Å². The minimum atomic E-state index is 0.865. The van der Waals surface area contributed by atoms with Crippen LogP contribution in [0, 0.1) is 0 Å². The third-order valence-electron chi connectivity index (χ3n) is 15.2. The van der Waals surface area contributed by atoms with Crippen molar-refractivity contribution in [2.24, 2.45) is 0 Å². The maximum atomic E-state index is 6.97. The number of aromatic nitrogens is 2. The first-order valence-corrected chi connectivity index (χ1v) is 22.5. The van der Waals surface area contributed by atoms with E-state index < -0.39 is 0 Å². The predicted molar refractivity (Wildman–Crippen MR) is 270 cm³/mol. The molecule has 0 unspecified atom stereocenters. The van der Waals surface area contributed by atoms with E-state index in [2.05, 4.69) is 160 Å². The Hall–Kier alpha value is -9.00. The van der Waals surface area contributed by atoms with Gasteiger partial charge in [0.05, 0.1) is 43.9 Å². The van der Waals surface area contributed by atoms with E-state index in [1.54, 1.807) is 0 Å². The molecule has 66 heavy (non-hydrogen) atoms. The van der Waals surface area contributed by atoms with Crippen LogP contribution in [0.4, 0.5) is 0 Å². The Bertz CT molecular complexity index is 5240. The quantitative estimate of drug-likeness (QED) is 0.165. The fourth-order valence-electron chi connectivity index (χ4n) is 12.4. The summed E-state index contributed by atoms with van der Waals surface area (Å²) in [6.07, 6.45) is 0. The van der Waals surface area contributed by atoms with E-state index in [1.165, 1.54) is 43.4 Å². The lowest BCUT2D eigenvalue weighted by atomic mass is 10.00. The molecule has 0 saturated heterocycles. The number of fused-ring (bicyclic) bond motifs is 26. The number of hydrogen-bond donors (Lipinski definition) is 0. The molecule has 0 saturated carbocycles. The zero-order chi connectivity index (χ0) is 42.3. The molecule has 6 nitrogen and oxygen atoms in total. The molecule has 0 radical (unpaired) electrons. The number of benzene rings is 10. The van der Waals surface area contributed by atoms with Crippen molar-refractivity contribution in [2.75, 3.05) is 0 Å². The van der Waals surface area contributed by atoms with Gasteiger partial charge in [-0.3, -0.25) is 0 Å². The van der Waals surface area contributed by atoms with Gasteiger partial charge in [0, 0.05) is 87.5 Å². The van der Waals surface area contributed by atoms with Gasteiger partial charge >= 0.3 is 0 Å². The summed E-state index contributed by atoms with van der Waals surface area (Å²) in [5.41, 5.74) is 16.3. The van der Waals surface area contributed by atoms with Crippen molar-refractivity contribution in [2.45, 2.75) is 0 Å². The first-order chi connectivity index (χ1) is 32.7. The molecule has 0 spiro atoms. The molecule has 0 atom stereocenters. The maximum Gasteiger partial charge on any atom is 0.145 e. The number of para-hydroxylation sites is 4. The summed E-state index contributed by atoms with van der Waals surface area (Å²) < 4.78 is 31.4. The Labute approximate surface area is 369 Å². The second-order valence-corrected chi connectivity index (χ2v) is 18.3. The molecule has 8 aromatic heterocycles. The van der Waals surface area contributed by atoms with Crippen molar-refractivity contribution < 1.29 is 17.7 Å². The van der Waals surface area contributed by atoms with Crippen molar-refractivity contribution >= 4 is 164 Å². The van der Waals surface area contributed by atoms with Gasteiger partial charge < -0.3 is 26.5 Å². The van der Waals surface area contributed by atoms with Crippen LogP contribution in [0.15, 0.2) is 188 Å². The van der Waals surface area contributed by atoms with Gasteiger partial charge in [-0.15, -0.1) is 0 Å². The number of furan rings is 4. The van der Waals surface area contributed by atoms with Crippen LogP contribution in [0.5, 0.6) is 0 Å². The van der Waals surface area contributed by atoms with E-state index in [0.29, 0.717) is 0 Å². The lowest BCUT2D eigenvalue weighted by Crippen LogP contribution is -1.81. The lowest BCUT2D eigenvalue weighted by Gasteiger charge is -2.02. The summed E-state index contributed by atoms with van der Waals surface area (Å²) in [6, 6.07) is 61.1. The average Bonchev–Trinajstić information content (AvgIpc) is 4.24. The maximum absolute atomic E-state index is 6.97. The zero-order valence-corrected chi connectivity index (χ0v) is 34.7. The molecule has 18 rings (SSSR count). The molecule has 10 aromatic carbocycles. The third-order valence-corrected chi connectivity index (χ3v) is 15.2. The first-order valence-electron chi connectivity index (χ1n) is 22.5. The molecule has 0 aliphatic carbocycles. The van der Waals surface area contributed by atoms with Crippen LogP contribution in [-0.2, 0) is 0 Å². The summed E-state index contributed by atoms with van der Waals surface area (Å²) in [5.74, 6) is 0. The van der Waals surface area contributed by atoms with Crippen molar-refractivity contribution in [3.63, 3.8) is 0 Å². The van der Waals surface area contributed by atoms with Gasteiger partial charge in [-0.25, -0.2) is 0 Å². The second kappa shape index (κ2) is 10.8. The van der Waals surface area contributed by atoms with Gasteiger partial charge in [-0.05, 0) is 83.9 Å². The Kier molecular flexibility index (Phi) is 5.36. The minimum Gasteiger partial charge on any atom is -0.456 e. The highest BCUT2D eigenvalue weighted by atomic mass is 16.3. The minimum absolute atomic E-state index is 0.865. The average molecular weight is 841 g/mol. The van der Waals surface area contributed by atoms with Gasteiger partial charge in [0.1, 0.15) is 44.7 Å². The Morgan fingerprint density at radius 1 is 0.242 bits per heavy atom. The van der Waals surface area contributed by atoms with Crippen molar-refractivity contribution in [3.05, 3.63) is 170 Å². The highest BCUT2D eigenvalue weighted by molar-refractivity contribution is 6.33. The van der Waals surface area contributed by atoms with Gasteiger partial charge in [-0.1, -0.05) is 84.9 Å². The summed E-state index contributed by atoms with van der Waals surface area (Å²) >= 11 is 0. The van der Waals surface area contributed by atoms with Crippen molar-refractivity contribution in [1.29, 1.82) is 0 Å². The molecule has 8 heterocycles. The summed E-state index contributed by atoms with van der Waals surface area (Å²) in [4.78, 5) is 0. The topological polar surface area (TPSA) is 61.4 Å². The number of rotatable bonds is 1. The molecular weight excluding hydrogens is 813 g/mol. The second-order valence-electron chi connectivity index (χ2n) is 18.3. The standard InChI is InChI=1S/C60H28N2O4/c1-4-14-50-31(7-1)36-18-20-45-55(59(36)65-50)38-11-6-12-39-56-46(61(45)58(38)39)21-19-37-33-17-15-30(24-52(33)66-60(37)56)29-16-22-51-42(23-29)44-26-41-35-10-5-9-34-40-25-43-32-8-2-3-13-49(32)63-53(43)27-47(40)62(57(34)35)48(41)28-54(44)64-51/h1-28H. The van der Waals surface area contributed by atoms with Crippen LogP contribution < -0.4 is 0 Å². The van der Waals surface area contributed by atoms with Crippen LogP contribution in [-0.4, -0.2) is 8.80 Å². The van der Waals surface area contributed by atoms with Gasteiger partial charge in [0.25, 0.3) is 0 Å². The van der Waals surface area contributed by atoms with E-state index in [4.69, 9.17) is 17.7 Å². The van der Waals surface area contributed by atoms with Gasteiger partial charge in [0.2, 0.25) is 0 Å². The monoisotopic (exact) mass is 840 g/mol. The van der Waals surface area contributed by atoms with E-state index in [0.717, 1.165) is 132 Å². The van der Waals surface area contributed by atoms with E-state index in [-0.39, 0.29) is 0 Å². The lowest BCUT2D eigenvalue weighted by molar-refractivity contribution is 0.669. The summed E-state index contributed by atoms with van der Waals surface area (Å²) in [6.45, 7) is 0. The SMILES string of the molecule is c1ccc2c(c1)oc1cc3c(cc12)c1cccc2c4cc5c(cc4n3c12)oc1ccc(-c2ccc3c(c2)oc2c3ccc3c2c2cccc4c6c7oc8ccccc8c7ccc6n3c42)cc15. The number of hydrogen-bond acceptors (Lipinski definition) is 4. The molecule has 6 heteroatoms. The van der Waals surface area contributed by atoms with Crippen molar-refractivity contribution in [3.8, 4) is 11.1 Å². The molecule has 18 aromatic rings. The molecule has 0 fully saturated rings. The molecule has 302 valence electrons. The van der Waals surface area contributed by atoms with E-state index >= 15 is 0 Å². The molecule has 0 bridgehead atoms. The highest BCUT2D eigenvalue weighted by Gasteiger charge is 2.25. The largest absolute Gasteiger partial charge is 0.456 e.